The summed E-state index contributed by atoms with van der Waals surface area (Å²) in [6, 6.07) is 3.81. The van der Waals surface area contributed by atoms with Crippen LogP contribution in [0.25, 0.3) is 11.4 Å². The van der Waals surface area contributed by atoms with Crippen molar-refractivity contribution in [1.29, 1.82) is 0 Å². The van der Waals surface area contributed by atoms with Crippen LogP contribution in [0.4, 0.5) is 0 Å². The first-order valence-electron chi connectivity index (χ1n) is 6.22. The van der Waals surface area contributed by atoms with E-state index in [4.69, 9.17) is 12.2 Å². The lowest BCUT2D eigenvalue weighted by Crippen LogP contribution is -2.09. The van der Waals surface area contributed by atoms with Crippen molar-refractivity contribution < 1.29 is 0 Å². The number of aromatic nitrogens is 7. The molecule has 0 radical (unpaired) electrons. The van der Waals surface area contributed by atoms with Gasteiger partial charge in [0.2, 0.25) is 0 Å². The van der Waals surface area contributed by atoms with Gasteiger partial charge in [0.25, 0.3) is 0 Å². The molecule has 0 aromatic carbocycles. The fraction of sp³-hybridized carbons (Fsp3) is 0.250. The van der Waals surface area contributed by atoms with Crippen LogP contribution in [0.3, 0.4) is 0 Å². The van der Waals surface area contributed by atoms with Gasteiger partial charge < -0.3 is 4.57 Å². The second-order valence-corrected chi connectivity index (χ2v) is 4.60. The van der Waals surface area contributed by atoms with Crippen LogP contribution in [-0.4, -0.2) is 34.5 Å². The summed E-state index contributed by atoms with van der Waals surface area (Å²) >= 11 is 5.29. The number of pyridine rings is 1. The van der Waals surface area contributed by atoms with E-state index in [1.807, 2.05) is 28.2 Å². The van der Waals surface area contributed by atoms with Crippen LogP contribution < -0.4 is 0 Å². The lowest BCUT2D eigenvalue weighted by atomic mass is 10.3. The van der Waals surface area contributed by atoms with Crippen molar-refractivity contribution in [3.05, 3.63) is 41.4 Å². The molecule has 0 aliphatic rings. The number of rotatable bonds is 4. The molecule has 1 N–H and O–H groups in total. The van der Waals surface area contributed by atoms with E-state index in [2.05, 4.69) is 25.4 Å². The highest BCUT2D eigenvalue weighted by atomic mass is 32.1. The summed E-state index contributed by atoms with van der Waals surface area (Å²) in [5, 5.41) is 15.1. The Bertz CT molecular complexity index is 755. The van der Waals surface area contributed by atoms with E-state index in [1.165, 1.54) is 0 Å². The van der Waals surface area contributed by atoms with Crippen LogP contribution >= 0.6 is 12.2 Å². The molecule has 0 atom stereocenters. The van der Waals surface area contributed by atoms with Gasteiger partial charge >= 0.3 is 0 Å². The second-order valence-electron chi connectivity index (χ2n) is 4.21. The largest absolute Gasteiger partial charge is 0.316 e. The molecule has 3 rings (SSSR count). The van der Waals surface area contributed by atoms with Gasteiger partial charge in [0.1, 0.15) is 6.33 Å². The van der Waals surface area contributed by atoms with Gasteiger partial charge in [0.05, 0.1) is 6.54 Å². The highest BCUT2D eigenvalue weighted by Gasteiger charge is 2.12. The van der Waals surface area contributed by atoms with E-state index in [0.717, 1.165) is 23.8 Å². The summed E-state index contributed by atoms with van der Waals surface area (Å²) < 4.78 is 4.42. The molecular weight excluding hydrogens is 274 g/mol. The molecule has 0 aliphatic heterocycles. The highest BCUT2D eigenvalue weighted by Crippen LogP contribution is 2.16. The maximum Gasteiger partial charge on any atom is 0.195 e. The predicted octanol–water partition coefficient (Wildman–Crippen LogP) is 1.66. The summed E-state index contributed by atoms with van der Waals surface area (Å²) in [6.07, 6.45) is 5.19. The molecule has 7 nitrogen and oxygen atoms in total. The molecule has 0 amide bonds. The fourth-order valence-electron chi connectivity index (χ4n) is 1.99. The summed E-state index contributed by atoms with van der Waals surface area (Å²) in [4.78, 5) is 4.11. The lowest BCUT2D eigenvalue weighted by molar-refractivity contribution is 0.649. The molecule has 0 spiro atoms. The Hall–Kier alpha value is -2.35. The number of H-pyrrole nitrogens is 1. The van der Waals surface area contributed by atoms with Crippen molar-refractivity contribution in [2.24, 2.45) is 0 Å². The van der Waals surface area contributed by atoms with E-state index in [9.17, 15) is 0 Å². The van der Waals surface area contributed by atoms with Gasteiger partial charge in [0, 0.05) is 24.5 Å². The van der Waals surface area contributed by atoms with Crippen molar-refractivity contribution in [2.45, 2.75) is 20.0 Å². The molecule has 0 unspecified atom stereocenters. The van der Waals surface area contributed by atoms with Crippen LogP contribution in [0, 0.1) is 4.77 Å². The minimum Gasteiger partial charge on any atom is -0.316 e. The predicted molar refractivity (Wildman–Crippen MR) is 75.4 cm³/mol. The second kappa shape index (κ2) is 5.33. The summed E-state index contributed by atoms with van der Waals surface area (Å²) in [5.74, 6) is 1.59. The van der Waals surface area contributed by atoms with Gasteiger partial charge in [-0.15, -0.1) is 10.2 Å². The molecule has 0 aliphatic carbocycles. The Morgan fingerprint density at radius 2 is 2.30 bits per heavy atom. The first kappa shape index (κ1) is 12.7. The number of nitrogens with one attached hydrogen (secondary N) is 1. The van der Waals surface area contributed by atoms with Crippen molar-refractivity contribution in [1.82, 2.24) is 34.5 Å². The summed E-state index contributed by atoms with van der Waals surface area (Å²) in [7, 11) is 0. The van der Waals surface area contributed by atoms with Crippen molar-refractivity contribution >= 4 is 12.2 Å². The molecule has 0 saturated carbocycles. The number of hydrogen-bond acceptors (Lipinski definition) is 5. The van der Waals surface area contributed by atoms with Gasteiger partial charge in [-0.1, -0.05) is 0 Å². The third-order valence-corrected chi connectivity index (χ3v) is 3.33. The van der Waals surface area contributed by atoms with Gasteiger partial charge in [-0.2, -0.15) is 5.10 Å². The molecule has 20 heavy (non-hydrogen) atoms. The highest BCUT2D eigenvalue weighted by molar-refractivity contribution is 7.71. The maximum absolute atomic E-state index is 5.29. The van der Waals surface area contributed by atoms with Crippen LogP contribution in [0.15, 0.2) is 30.9 Å². The third kappa shape index (κ3) is 2.25. The summed E-state index contributed by atoms with van der Waals surface area (Å²) in [5.41, 5.74) is 0.905. The van der Waals surface area contributed by atoms with Crippen molar-refractivity contribution in [2.75, 3.05) is 0 Å². The van der Waals surface area contributed by atoms with Crippen LogP contribution in [0.2, 0.25) is 0 Å². The van der Waals surface area contributed by atoms with Gasteiger partial charge in [-0.3, -0.25) is 14.6 Å². The topological polar surface area (TPSA) is 77.2 Å². The Balaban J connectivity index is 2.02. The normalized spacial score (nSPS) is 10.8. The third-order valence-electron chi connectivity index (χ3n) is 3.01. The smallest absolute Gasteiger partial charge is 0.195 e. The molecule has 3 aromatic heterocycles. The number of nitrogens with zero attached hydrogens (tertiary/aromatic N) is 6. The lowest BCUT2D eigenvalue weighted by Gasteiger charge is -2.07. The monoisotopic (exact) mass is 287 g/mol. The molecule has 0 fully saturated rings. The molecule has 0 bridgehead atoms. The van der Waals surface area contributed by atoms with Gasteiger partial charge in [-0.25, -0.2) is 0 Å². The SMILES string of the molecule is CCn1cnnc1Cn1c(-c2cccnc2)n[nH]c1=S. The first-order valence-corrected chi connectivity index (χ1v) is 6.62. The maximum atomic E-state index is 5.29. The zero-order valence-electron chi connectivity index (χ0n) is 10.9. The van der Waals surface area contributed by atoms with E-state index in [-0.39, 0.29) is 0 Å². The van der Waals surface area contributed by atoms with Gasteiger partial charge in [0.15, 0.2) is 16.4 Å². The Kier molecular flexibility index (Phi) is 3.38. The molecule has 102 valence electrons. The molecule has 0 saturated heterocycles. The molecular formula is C12H13N7S. The Morgan fingerprint density at radius 1 is 1.40 bits per heavy atom. The van der Waals surface area contributed by atoms with Crippen LogP contribution in [0.5, 0.6) is 0 Å². The van der Waals surface area contributed by atoms with E-state index >= 15 is 0 Å². The first-order chi connectivity index (χ1) is 9.79. The van der Waals surface area contributed by atoms with E-state index in [1.54, 1.807) is 18.7 Å². The number of aromatic amines is 1. The number of hydrogen-bond donors (Lipinski definition) is 1. The minimum atomic E-state index is 0.521. The molecule has 3 heterocycles. The quantitative estimate of drug-likeness (QED) is 0.738. The van der Waals surface area contributed by atoms with Crippen LogP contribution in [0.1, 0.15) is 12.7 Å². The standard InChI is InChI=1S/C12H13N7S/c1-2-18-8-14-15-10(18)7-19-11(16-17-12(19)20)9-4-3-5-13-6-9/h3-6,8H,2,7H2,1H3,(H,17,20). The average Bonchev–Trinajstić information content (AvgIpc) is 3.08. The van der Waals surface area contributed by atoms with E-state index < -0.39 is 0 Å². The van der Waals surface area contributed by atoms with Crippen molar-refractivity contribution in [3.63, 3.8) is 0 Å². The zero-order chi connectivity index (χ0) is 13.9. The molecule has 3 aromatic rings. The minimum absolute atomic E-state index is 0.521. The van der Waals surface area contributed by atoms with Crippen LogP contribution in [-0.2, 0) is 13.1 Å². The fourth-order valence-corrected chi connectivity index (χ4v) is 2.18. The Labute approximate surface area is 120 Å². The van der Waals surface area contributed by atoms with Gasteiger partial charge in [-0.05, 0) is 31.3 Å². The van der Waals surface area contributed by atoms with E-state index in [0.29, 0.717) is 11.3 Å². The average molecular weight is 287 g/mol. The zero-order valence-corrected chi connectivity index (χ0v) is 11.7. The summed E-state index contributed by atoms with van der Waals surface area (Å²) in [6.45, 7) is 3.38. The van der Waals surface area contributed by atoms with Crippen molar-refractivity contribution in [3.8, 4) is 11.4 Å². The molecule has 8 heteroatoms. The number of aryl methyl sites for hydroxylation is 1. The Morgan fingerprint density at radius 3 is 3.05 bits per heavy atom.